The van der Waals surface area contributed by atoms with Gasteiger partial charge in [0.2, 0.25) is 0 Å². The molecule has 7 nitrogen and oxygen atoms in total. The van der Waals surface area contributed by atoms with Crippen LogP contribution in [0.3, 0.4) is 0 Å². The molecule has 182 valence electrons. The summed E-state index contributed by atoms with van der Waals surface area (Å²) in [4.78, 5) is 32.3. The van der Waals surface area contributed by atoms with Crippen LogP contribution in [0.25, 0.3) is 16.0 Å². The fourth-order valence-electron chi connectivity index (χ4n) is 4.20. The second-order valence-electron chi connectivity index (χ2n) is 7.98. The number of aliphatic hydroxyl groups excluding tert-OH is 1. The number of carbonyl (C=O) groups is 2. The van der Waals surface area contributed by atoms with E-state index in [1.54, 1.807) is 42.5 Å². The van der Waals surface area contributed by atoms with Gasteiger partial charge in [-0.1, -0.05) is 41.7 Å². The van der Waals surface area contributed by atoms with Gasteiger partial charge in [0.05, 0.1) is 29.5 Å². The average Bonchev–Trinajstić information content (AvgIpc) is 3.42. The van der Waals surface area contributed by atoms with E-state index in [2.05, 4.69) is 4.98 Å². The van der Waals surface area contributed by atoms with Crippen molar-refractivity contribution in [1.82, 2.24) is 4.98 Å². The maximum Gasteiger partial charge on any atom is 0.301 e. The van der Waals surface area contributed by atoms with Crippen LogP contribution in [0.1, 0.15) is 24.1 Å². The van der Waals surface area contributed by atoms with Crippen LogP contribution in [-0.2, 0) is 9.59 Å². The molecule has 0 bridgehead atoms. The largest absolute Gasteiger partial charge is 0.507 e. The number of halogens is 1. The van der Waals surface area contributed by atoms with Crippen LogP contribution in [-0.4, -0.2) is 35.5 Å². The molecule has 1 aromatic heterocycles. The molecule has 1 aliphatic heterocycles. The number of hydrogen-bond donors (Lipinski definition) is 1. The lowest BCUT2D eigenvalue weighted by atomic mass is 9.95. The number of carbonyl (C=O) groups excluding carboxylic acids is 2. The van der Waals surface area contributed by atoms with Crippen molar-refractivity contribution in [1.29, 1.82) is 0 Å². The summed E-state index contributed by atoms with van der Waals surface area (Å²) in [5.74, 6) is -1.79. The quantitative estimate of drug-likeness (QED) is 0.213. The molecule has 1 amide bonds. The number of methoxy groups -OCH3 is 1. The van der Waals surface area contributed by atoms with E-state index in [-0.39, 0.29) is 21.8 Å². The Morgan fingerprint density at radius 2 is 1.89 bits per heavy atom. The molecule has 3 aromatic carbocycles. The zero-order chi connectivity index (χ0) is 25.4. The van der Waals surface area contributed by atoms with Crippen molar-refractivity contribution in [3.8, 4) is 11.5 Å². The molecule has 0 aliphatic carbocycles. The number of Topliss-reactive ketones (excluding diaryl/α,β-unsaturated/α-hetero) is 1. The van der Waals surface area contributed by atoms with Crippen molar-refractivity contribution >= 4 is 44.1 Å². The van der Waals surface area contributed by atoms with Gasteiger partial charge in [-0.15, -0.1) is 0 Å². The van der Waals surface area contributed by atoms with Crippen LogP contribution < -0.4 is 14.4 Å². The van der Waals surface area contributed by atoms with Gasteiger partial charge in [0.25, 0.3) is 5.78 Å². The van der Waals surface area contributed by atoms with Crippen molar-refractivity contribution in [3.63, 3.8) is 0 Å². The summed E-state index contributed by atoms with van der Waals surface area (Å²) in [6.45, 7) is 2.36. The predicted octanol–water partition coefficient (Wildman–Crippen LogP) is 5.47. The van der Waals surface area contributed by atoms with Gasteiger partial charge < -0.3 is 14.6 Å². The molecule has 9 heteroatoms. The molecule has 0 radical (unpaired) electrons. The number of ketones is 1. The van der Waals surface area contributed by atoms with Gasteiger partial charge in [0.15, 0.2) is 5.13 Å². The number of anilines is 1. The zero-order valence-electron chi connectivity index (χ0n) is 19.4. The Balaban J connectivity index is 1.71. The summed E-state index contributed by atoms with van der Waals surface area (Å²) in [5.41, 5.74) is 0.697. The number of rotatable bonds is 6. The normalized spacial score (nSPS) is 17.1. The summed E-state index contributed by atoms with van der Waals surface area (Å²) in [5, 5.41) is 11.4. The van der Waals surface area contributed by atoms with Crippen molar-refractivity contribution in [2.75, 3.05) is 18.6 Å². The highest BCUT2D eigenvalue weighted by molar-refractivity contribution is 7.22. The Labute approximate surface area is 210 Å². The minimum atomic E-state index is -1.22. The van der Waals surface area contributed by atoms with Crippen molar-refractivity contribution < 1.29 is 28.6 Å². The van der Waals surface area contributed by atoms with Gasteiger partial charge in [-0.25, -0.2) is 9.37 Å². The lowest BCUT2D eigenvalue weighted by Gasteiger charge is -2.23. The number of benzene rings is 3. The molecule has 5 rings (SSSR count). The Bertz CT molecular complexity index is 1530. The number of aromatic nitrogens is 1. The third-order valence-corrected chi connectivity index (χ3v) is 6.87. The van der Waals surface area contributed by atoms with Crippen LogP contribution in [0.5, 0.6) is 11.5 Å². The van der Waals surface area contributed by atoms with Gasteiger partial charge in [0.1, 0.15) is 29.1 Å². The molecule has 1 saturated heterocycles. The summed E-state index contributed by atoms with van der Waals surface area (Å²) in [6, 6.07) is 16.4. The number of nitrogens with zero attached hydrogens (tertiary/aromatic N) is 2. The molecule has 1 aliphatic rings. The van der Waals surface area contributed by atoms with E-state index in [1.165, 1.54) is 42.7 Å². The third kappa shape index (κ3) is 3.97. The second kappa shape index (κ2) is 9.43. The average molecular weight is 505 g/mol. The number of fused-ring (bicyclic) bond motifs is 1. The second-order valence-corrected chi connectivity index (χ2v) is 8.99. The van der Waals surface area contributed by atoms with Crippen LogP contribution in [0.15, 0.2) is 72.3 Å². The molecular formula is C27H21FN2O5S. The first-order valence-corrected chi connectivity index (χ1v) is 12.0. The van der Waals surface area contributed by atoms with E-state index >= 15 is 4.39 Å². The molecule has 1 atom stereocenters. The molecular weight excluding hydrogens is 483 g/mol. The first kappa shape index (κ1) is 23.5. The highest BCUT2D eigenvalue weighted by Crippen LogP contribution is 2.45. The van der Waals surface area contributed by atoms with Gasteiger partial charge in [-0.2, -0.15) is 0 Å². The number of amides is 1. The topological polar surface area (TPSA) is 89.0 Å². The van der Waals surface area contributed by atoms with E-state index in [9.17, 15) is 14.7 Å². The highest BCUT2D eigenvalue weighted by atomic mass is 32.1. The first-order valence-electron chi connectivity index (χ1n) is 11.2. The molecule has 1 unspecified atom stereocenters. The number of hydrogen-bond acceptors (Lipinski definition) is 7. The van der Waals surface area contributed by atoms with Crippen LogP contribution in [0.4, 0.5) is 9.52 Å². The molecule has 0 spiro atoms. The number of ether oxygens (including phenoxy) is 2. The van der Waals surface area contributed by atoms with Crippen LogP contribution in [0.2, 0.25) is 0 Å². The molecule has 0 saturated carbocycles. The summed E-state index contributed by atoms with van der Waals surface area (Å²) < 4.78 is 26.6. The zero-order valence-corrected chi connectivity index (χ0v) is 20.2. The van der Waals surface area contributed by atoms with E-state index in [0.717, 1.165) is 9.60 Å². The predicted molar refractivity (Wildman–Crippen MR) is 135 cm³/mol. The standard InChI is InChI=1S/C27H21FN2O5S/c1-3-35-17-11-12-20-21(14-17)36-27(29-20)30-23(18-9-4-5-10-19(18)28)22(25(32)26(30)33)24(31)15-7-6-8-16(13-15)34-2/h4-14,23,31H,3H2,1-2H3. The fourth-order valence-corrected chi connectivity index (χ4v) is 5.22. The Morgan fingerprint density at radius 3 is 2.64 bits per heavy atom. The van der Waals surface area contributed by atoms with Gasteiger partial charge >= 0.3 is 5.91 Å². The summed E-state index contributed by atoms with van der Waals surface area (Å²) >= 11 is 1.18. The Kier molecular flexibility index (Phi) is 6.15. The van der Waals surface area contributed by atoms with Crippen LogP contribution >= 0.6 is 11.3 Å². The fraction of sp³-hybridized carbons (Fsp3) is 0.148. The Morgan fingerprint density at radius 1 is 1.08 bits per heavy atom. The van der Waals surface area contributed by atoms with E-state index in [4.69, 9.17) is 9.47 Å². The maximum absolute atomic E-state index is 15.1. The minimum Gasteiger partial charge on any atom is -0.507 e. The molecule has 1 N–H and O–H groups in total. The molecule has 4 aromatic rings. The molecule has 1 fully saturated rings. The lowest BCUT2D eigenvalue weighted by Crippen LogP contribution is -2.29. The van der Waals surface area contributed by atoms with Gasteiger partial charge in [-0.3, -0.25) is 14.5 Å². The lowest BCUT2D eigenvalue weighted by molar-refractivity contribution is -0.132. The minimum absolute atomic E-state index is 0.0652. The summed E-state index contributed by atoms with van der Waals surface area (Å²) in [7, 11) is 1.47. The van der Waals surface area contributed by atoms with Gasteiger partial charge in [-0.05, 0) is 43.3 Å². The number of aliphatic hydroxyl groups is 1. The van der Waals surface area contributed by atoms with Crippen molar-refractivity contribution in [3.05, 3.63) is 89.2 Å². The monoisotopic (exact) mass is 504 g/mol. The van der Waals surface area contributed by atoms with Crippen LogP contribution in [0, 0.1) is 5.82 Å². The highest BCUT2D eigenvalue weighted by Gasteiger charge is 2.49. The van der Waals surface area contributed by atoms with Gasteiger partial charge in [0, 0.05) is 11.1 Å². The maximum atomic E-state index is 15.1. The number of thiazole rings is 1. The van der Waals surface area contributed by atoms with Crippen molar-refractivity contribution in [2.45, 2.75) is 13.0 Å². The smallest absolute Gasteiger partial charge is 0.301 e. The third-order valence-electron chi connectivity index (χ3n) is 5.85. The molecule has 36 heavy (non-hydrogen) atoms. The first-order chi connectivity index (χ1) is 17.4. The van der Waals surface area contributed by atoms with Crippen molar-refractivity contribution in [2.24, 2.45) is 0 Å². The SMILES string of the molecule is CCOc1ccc2nc(N3C(=O)C(=O)C(=C(O)c4cccc(OC)c4)C3c3ccccc3F)sc2c1. The van der Waals surface area contributed by atoms with E-state index in [1.807, 2.05) is 6.92 Å². The Hall–Kier alpha value is -4.24. The molecule has 2 heterocycles. The van der Waals surface area contributed by atoms with E-state index < -0.39 is 29.3 Å². The summed E-state index contributed by atoms with van der Waals surface area (Å²) in [6.07, 6.45) is 0. The van der Waals surface area contributed by atoms with E-state index in [0.29, 0.717) is 23.6 Å².